The third-order valence-electron chi connectivity index (χ3n) is 2.45. The van der Waals surface area contributed by atoms with Gasteiger partial charge in [-0.1, -0.05) is 24.4 Å². The Bertz CT molecular complexity index is 512. The summed E-state index contributed by atoms with van der Waals surface area (Å²) in [6.07, 6.45) is 0. The number of hydrogen-bond acceptors (Lipinski definition) is 3. The molecule has 0 aliphatic carbocycles. The number of thiocarbonyl (C=S) groups is 1. The molecule has 0 bridgehead atoms. The van der Waals surface area contributed by atoms with Gasteiger partial charge in [0, 0.05) is 11.1 Å². The van der Waals surface area contributed by atoms with E-state index in [9.17, 15) is 9.59 Å². The van der Waals surface area contributed by atoms with Crippen LogP contribution >= 0.6 is 12.2 Å². The standard InChI is InChI=1S/C12H15N3O2S/c1-12(2,11(14)17)15-10(16)8-5-3-4-7(6-8)9(13)18/h3-6H,1-2H3,(H2,13,18)(H2,14,17)(H,15,16). The lowest BCUT2D eigenvalue weighted by Gasteiger charge is -2.22. The number of rotatable bonds is 4. The minimum Gasteiger partial charge on any atom is -0.389 e. The molecule has 5 N–H and O–H groups in total. The van der Waals surface area contributed by atoms with Gasteiger partial charge in [0.05, 0.1) is 0 Å². The Morgan fingerprint density at radius 2 is 1.78 bits per heavy atom. The van der Waals surface area contributed by atoms with Crippen molar-refractivity contribution in [2.75, 3.05) is 0 Å². The smallest absolute Gasteiger partial charge is 0.252 e. The topological polar surface area (TPSA) is 98.2 Å². The van der Waals surface area contributed by atoms with Gasteiger partial charge in [-0.25, -0.2) is 0 Å². The molecule has 0 aromatic heterocycles. The molecule has 6 heteroatoms. The molecule has 0 spiro atoms. The lowest BCUT2D eigenvalue weighted by atomic mass is 10.0. The Hall–Kier alpha value is -1.95. The largest absolute Gasteiger partial charge is 0.389 e. The van der Waals surface area contributed by atoms with Crippen molar-refractivity contribution in [1.82, 2.24) is 5.32 Å². The fourth-order valence-corrected chi connectivity index (χ4v) is 1.36. The van der Waals surface area contributed by atoms with Gasteiger partial charge < -0.3 is 16.8 Å². The van der Waals surface area contributed by atoms with Crippen molar-refractivity contribution in [3.05, 3.63) is 35.4 Å². The highest BCUT2D eigenvalue weighted by atomic mass is 32.1. The molecule has 18 heavy (non-hydrogen) atoms. The molecule has 5 nitrogen and oxygen atoms in total. The quantitative estimate of drug-likeness (QED) is 0.683. The van der Waals surface area contributed by atoms with Crippen LogP contribution in [-0.2, 0) is 4.79 Å². The number of amides is 2. The van der Waals surface area contributed by atoms with Crippen molar-refractivity contribution in [2.24, 2.45) is 11.5 Å². The maximum atomic E-state index is 11.9. The Labute approximate surface area is 111 Å². The molecule has 0 aliphatic rings. The summed E-state index contributed by atoms with van der Waals surface area (Å²) >= 11 is 4.83. The zero-order valence-corrected chi connectivity index (χ0v) is 11.0. The van der Waals surface area contributed by atoms with Gasteiger partial charge in [-0.15, -0.1) is 0 Å². The number of carbonyl (C=O) groups is 2. The maximum Gasteiger partial charge on any atom is 0.252 e. The minimum absolute atomic E-state index is 0.207. The molecule has 0 saturated carbocycles. The van der Waals surface area contributed by atoms with Crippen LogP contribution in [0.2, 0.25) is 0 Å². The van der Waals surface area contributed by atoms with Crippen LogP contribution < -0.4 is 16.8 Å². The number of carbonyl (C=O) groups excluding carboxylic acids is 2. The predicted molar refractivity (Wildman–Crippen MR) is 73.1 cm³/mol. The fraction of sp³-hybridized carbons (Fsp3) is 0.250. The van der Waals surface area contributed by atoms with Gasteiger partial charge in [0.1, 0.15) is 10.5 Å². The van der Waals surface area contributed by atoms with E-state index < -0.39 is 17.4 Å². The summed E-state index contributed by atoms with van der Waals surface area (Å²) in [7, 11) is 0. The second-order valence-electron chi connectivity index (χ2n) is 4.39. The van der Waals surface area contributed by atoms with Gasteiger partial charge in [-0.2, -0.15) is 0 Å². The van der Waals surface area contributed by atoms with E-state index >= 15 is 0 Å². The molecule has 0 heterocycles. The van der Waals surface area contributed by atoms with Gasteiger partial charge in [0.15, 0.2) is 0 Å². The molecule has 1 aromatic rings. The Kier molecular flexibility index (Phi) is 4.03. The average Bonchev–Trinajstić information content (AvgIpc) is 2.28. The minimum atomic E-state index is -1.11. The molecule has 1 aromatic carbocycles. The Morgan fingerprint density at radius 1 is 1.22 bits per heavy atom. The van der Waals surface area contributed by atoms with E-state index in [1.54, 1.807) is 24.3 Å². The van der Waals surface area contributed by atoms with Crippen LogP contribution in [0.4, 0.5) is 0 Å². The molecule has 0 aliphatic heterocycles. The van der Waals surface area contributed by atoms with E-state index in [2.05, 4.69) is 5.32 Å². The van der Waals surface area contributed by atoms with Gasteiger partial charge in [-0.3, -0.25) is 9.59 Å². The van der Waals surface area contributed by atoms with Crippen molar-refractivity contribution in [3.8, 4) is 0 Å². The van der Waals surface area contributed by atoms with Crippen molar-refractivity contribution in [1.29, 1.82) is 0 Å². The van der Waals surface area contributed by atoms with Crippen molar-refractivity contribution in [2.45, 2.75) is 19.4 Å². The van der Waals surface area contributed by atoms with Gasteiger partial charge in [-0.05, 0) is 26.0 Å². The molecule has 0 saturated heterocycles. The van der Waals surface area contributed by atoms with Gasteiger partial charge in [0.2, 0.25) is 5.91 Å². The predicted octanol–water partition coefficient (Wildman–Crippen LogP) is 0.315. The summed E-state index contributed by atoms with van der Waals surface area (Å²) in [4.78, 5) is 23.3. The first-order valence-corrected chi connectivity index (χ1v) is 5.67. The molecule has 2 amide bonds. The van der Waals surface area contributed by atoms with Crippen LogP contribution in [0, 0.1) is 0 Å². The summed E-state index contributed by atoms with van der Waals surface area (Å²) in [5.41, 5.74) is 10.5. The third-order valence-corrected chi connectivity index (χ3v) is 2.69. The molecule has 0 radical (unpaired) electrons. The van der Waals surface area contributed by atoms with Crippen LogP contribution in [0.3, 0.4) is 0 Å². The number of primary amides is 1. The highest BCUT2D eigenvalue weighted by Gasteiger charge is 2.27. The monoisotopic (exact) mass is 265 g/mol. The van der Waals surface area contributed by atoms with Crippen molar-refractivity contribution in [3.63, 3.8) is 0 Å². The van der Waals surface area contributed by atoms with E-state index in [4.69, 9.17) is 23.7 Å². The average molecular weight is 265 g/mol. The molecular weight excluding hydrogens is 250 g/mol. The van der Waals surface area contributed by atoms with Crippen LogP contribution in [0.25, 0.3) is 0 Å². The number of hydrogen-bond donors (Lipinski definition) is 3. The summed E-state index contributed by atoms with van der Waals surface area (Å²) in [6, 6.07) is 6.54. The number of nitrogens with one attached hydrogen (secondary N) is 1. The van der Waals surface area contributed by atoms with Crippen molar-refractivity contribution < 1.29 is 9.59 Å². The molecular formula is C12H15N3O2S. The van der Waals surface area contributed by atoms with E-state index in [1.165, 1.54) is 13.8 Å². The third kappa shape index (κ3) is 3.27. The zero-order chi connectivity index (χ0) is 13.9. The van der Waals surface area contributed by atoms with Crippen LogP contribution in [-0.4, -0.2) is 22.3 Å². The lowest BCUT2D eigenvalue weighted by Crippen LogP contribution is -2.53. The van der Waals surface area contributed by atoms with Crippen LogP contribution in [0.15, 0.2) is 24.3 Å². The molecule has 0 atom stereocenters. The van der Waals surface area contributed by atoms with Gasteiger partial charge in [0.25, 0.3) is 5.91 Å². The van der Waals surface area contributed by atoms with E-state index in [-0.39, 0.29) is 4.99 Å². The second-order valence-corrected chi connectivity index (χ2v) is 4.83. The Morgan fingerprint density at radius 3 is 2.28 bits per heavy atom. The summed E-state index contributed by atoms with van der Waals surface area (Å²) in [5.74, 6) is -1.02. The second kappa shape index (κ2) is 5.14. The van der Waals surface area contributed by atoms with E-state index in [0.717, 1.165) is 0 Å². The summed E-state index contributed by atoms with van der Waals surface area (Å²) in [5, 5.41) is 2.54. The SMILES string of the molecule is CC(C)(NC(=O)c1cccc(C(N)=S)c1)C(N)=O. The van der Waals surface area contributed by atoms with Gasteiger partial charge >= 0.3 is 0 Å². The lowest BCUT2D eigenvalue weighted by molar-refractivity contribution is -0.122. The molecule has 96 valence electrons. The van der Waals surface area contributed by atoms with Crippen LogP contribution in [0.5, 0.6) is 0 Å². The zero-order valence-electron chi connectivity index (χ0n) is 10.2. The first-order valence-electron chi connectivity index (χ1n) is 5.26. The first-order chi connectivity index (χ1) is 8.24. The Balaban J connectivity index is 2.95. The first kappa shape index (κ1) is 14.1. The summed E-state index contributed by atoms with van der Waals surface area (Å²) < 4.78 is 0. The summed E-state index contributed by atoms with van der Waals surface area (Å²) in [6.45, 7) is 3.06. The fourth-order valence-electron chi connectivity index (χ4n) is 1.23. The molecule has 0 unspecified atom stereocenters. The maximum absolute atomic E-state index is 11.9. The molecule has 1 rings (SSSR count). The normalized spacial score (nSPS) is 10.8. The highest BCUT2D eigenvalue weighted by molar-refractivity contribution is 7.80. The van der Waals surface area contributed by atoms with E-state index in [0.29, 0.717) is 11.1 Å². The van der Waals surface area contributed by atoms with Crippen molar-refractivity contribution >= 4 is 29.0 Å². The molecule has 0 fully saturated rings. The number of benzene rings is 1. The number of nitrogens with two attached hydrogens (primary N) is 2. The van der Waals surface area contributed by atoms with E-state index in [1.807, 2.05) is 0 Å². The highest BCUT2D eigenvalue weighted by Crippen LogP contribution is 2.08. The van der Waals surface area contributed by atoms with Crippen LogP contribution in [0.1, 0.15) is 29.8 Å².